The maximum absolute atomic E-state index is 11.9. The third-order valence-electron chi connectivity index (χ3n) is 3.09. The monoisotopic (exact) mass is 354 g/mol. The number of urea groups is 1. The number of anilines is 1. The van der Waals surface area contributed by atoms with Gasteiger partial charge < -0.3 is 15.4 Å². The normalized spacial score (nSPS) is 15.9. The summed E-state index contributed by atoms with van der Waals surface area (Å²) in [5.41, 5.74) is -1.07. The van der Waals surface area contributed by atoms with Gasteiger partial charge in [0.15, 0.2) is 6.61 Å². The summed E-state index contributed by atoms with van der Waals surface area (Å²) in [6.07, 6.45) is 1.35. The maximum atomic E-state index is 11.9. The summed E-state index contributed by atoms with van der Waals surface area (Å²) in [5, 5.41) is 5.25. The molecule has 1 aromatic rings. The molecule has 0 unspecified atom stereocenters. The van der Waals surface area contributed by atoms with Gasteiger partial charge in [-0.3, -0.25) is 19.3 Å². The van der Waals surface area contributed by atoms with Gasteiger partial charge in [0.25, 0.3) is 11.8 Å². The van der Waals surface area contributed by atoms with E-state index in [1.165, 1.54) is 32.2 Å². The number of aromatic nitrogens is 1. The lowest BCUT2D eigenvalue weighted by atomic mass is 10.1. The molecule has 0 bridgehead atoms. The fourth-order valence-electron chi connectivity index (χ4n) is 1.91. The van der Waals surface area contributed by atoms with Crippen LogP contribution in [0.4, 0.5) is 10.6 Å². The molecule has 0 saturated carbocycles. The molecule has 9 nitrogen and oxygen atoms in total. The van der Waals surface area contributed by atoms with Gasteiger partial charge in [0.1, 0.15) is 17.9 Å². The Labute approximate surface area is 142 Å². The van der Waals surface area contributed by atoms with E-state index in [2.05, 4.69) is 15.6 Å². The minimum atomic E-state index is -1.07. The van der Waals surface area contributed by atoms with Gasteiger partial charge in [0, 0.05) is 6.20 Å². The van der Waals surface area contributed by atoms with E-state index in [1.54, 1.807) is 0 Å². The number of amides is 4. The van der Waals surface area contributed by atoms with Gasteiger partial charge in [-0.15, -0.1) is 0 Å². The van der Waals surface area contributed by atoms with Gasteiger partial charge in [-0.1, -0.05) is 11.6 Å². The van der Waals surface area contributed by atoms with Crippen LogP contribution >= 0.6 is 11.6 Å². The average molecular weight is 355 g/mol. The number of rotatable bonds is 5. The molecular weight excluding hydrogens is 340 g/mol. The summed E-state index contributed by atoms with van der Waals surface area (Å²) < 4.78 is 4.75. The number of ether oxygens (including phenoxy) is 1. The Kier molecular flexibility index (Phi) is 5.03. The molecule has 128 valence electrons. The lowest BCUT2D eigenvalue weighted by molar-refractivity contribution is -0.150. The summed E-state index contributed by atoms with van der Waals surface area (Å²) in [5.74, 6) is -1.79. The molecule has 10 heteroatoms. The van der Waals surface area contributed by atoms with Gasteiger partial charge in [-0.05, 0) is 26.0 Å². The number of nitrogens with one attached hydrogen (secondary N) is 2. The number of hydrogen-bond acceptors (Lipinski definition) is 6. The van der Waals surface area contributed by atoms with Crippen LogP contribution in [0.1, 0.15) is 13.8 Å². The van der Waals surface area contributed by atoms with Crippen LogP contribution in [0.2, 0.25) is 5.02 Å². The Hall–Kier alpha value is -2.68. The number of carbonyl (C=O) groups is 4. The fourth-order valence-corrected chi connectivity index (χ4v) is 2.02. The van der Waals surface area contributed by atoms with Crippen LogP contribution in [-0.4, -0.2) is 52.4 Å². The van der Waals surface area contributed by atoms with Gasteiger partial charge in [-0.25, -0.2) is 9.78 Å². The summed E-state index contributed by atoms with van der Waals surface area (Å²) >= 11 is 5.67. The highest BCUT2D eigenvalue weighted by Crippen LogP contribution is 2.16. The number of nitrogens with zero attached hydrogens (tertiary/aromatic N) is 2. The second-order valence-electron chi connectivity index (χ2n) is 5.52. The number of halogens is 1. The summed E-state index contributed by atoms with van der Waals surface area (Å²) in [6, 6.07) is 2.34. The van der Waals surface area contributed by atoms with E-state index in [9.17, 15) is 19.2 Å². The summed E-state index contributed by atoms with van der Waals surface area (Å²) in [6.45, 7) is 1.90. The topological polar surface area (TPSA) is 118 Å². The SMILES string of the molecule is CC1(C)NC(=O)N(CC(=O)OCC(=O)Nc2ccc(Cl)cn2)C1=O. The predicted molar refractivity (Wildman–Crippen MR) is 83.2 cm³/mol. The van der Waals surface area contributed by atoms with Gasteiger partial charge in [-0.2, -0.15) is 0 Å². The highest BCUT2D eigenvalue weighted by Gasteiger charge is 2.45. The summed E-state index contributed by atoms with van der Waals surface area (Å²) in [4.78, 5) is 51.5. The van der Waals surface area contributed by atoms with Crippen molar-refractivity contribution < 1.29 is 23.9 Å². The number of pyridine rings is 1. The second kappa shape index (κ2) is 6.83. The molecule has 1 aliphatic rings. The van der Waals surface area contributed by atoms with Crippen molar-refractivity contribution in [2.45, 2.75) is 19.4 Å². The average Bonchev–Trinajstić information content (AvgIpc) is 2.69. The molecule has 1 aliphatic heterocycles. The molecule has 1 saturated heterocycles. The zero-order chi connectivity index (χ0) is 17.9. The third kappa shape index (κ3) is 4.19. The molecule has 0 spiro atoms. The van der Waals surface area contributed by atoms with Crippen molar-refractivity contribution in [2.75, 3.05) is 18.5 Å². The first-order chi connectivity index (χ1) is 11.2. The number of carbonyl (C=O) groups excluding carboxylic acids is 4. The molecule has 24 heavy (non-hydrogen) atoms. The summed E-state index contributed by atoms with van der Waals surface area (Å²) in [7, 11) is 0. The third-order valence-corrected chi connectivity index (χ3v) is 3.31. The van der Waals surface area contributed by atoms with Crippen LogP contribution in [0, 0.1) is 0 Å². The Morgan fingerprint density at radius 1 is 1.38 bits per heavy atom. The highest BCUT2D eigenvalue weighted by molar-refractivity contribution is 6.30. The molecule has 0 aliphatic carbocycles. The van der Waals surface area contributed by atoms with Crippen LogP contribution in [0.15, 0.2) is 18.3 Å². The van der Waals surface area contributed by atoms with E-state index < -0.39 is 42.5 Å². The van der Waals surface area contributed by atoms with Crippen LogP contribution in [-0.2, 0) is 19.1 Å². The zero-order valence-electron chi connectivity index (χ0n) is 13.0. The molecular formula is C14H15ClN4O5. The zero-order valence-corrected chi connectivity index (χ0v) is 13.7. The minimum Gasteiger partial charge on any atom is -0.454 e. The predicted octanol–water partition coefficient (Wildman–Crippen LogP) is 0.547. The van der Waals surface area contributed by atoms with E-state index >= 15 is 0 Å². The smallest absolute Gasteiger partial charge is 0.326 e. The van der Waals surface area contributed by atoms with Gasteiger partial charge >= 0.3 is 12.0 Å². The van der Waals surface area contributed by atoms with E-state index in [1.807, 2.05) is 0 Å². The molecule has 4 amide bonds. The largest absolute Gasteiger partial charge is 0.454 e. The first kappa shape index (κ1) is 17.7. The van der Waals surface area contributed by atoms with Crippen LogP contribution in [0.25, 0.3) is 0 Å². The van der Waals surface area contributed by atoms with Crippen molar-refractivity contribution >= 4 is 41.2 Å². The highest BCUT2D eigenvalue weighted by atomic mass is 35.5. The molecule has 0 aromatic carbocycles. The minimum absolute atomic E-state index is 0.247. The lowest BCUT2D eigenvalue weighted by Crippen LogP contribution is -2.41. The van der Waals surface area contributed by atoms with E-state index in [-0.39, 0.29) is 5.82 Å². The van der Waals surface area contributed by atoms with E-state index in [0.717, 1.165) is 4.90 Å². The molecule has 0 radical (unpaired) electrons. The quantitative estimate of drug-likeness (QED) is 0.589. The van der Waals surface area contributed by atoms with Crippen molar-refractivity contribution in [3.63, 3.8) is 0 Å². The van der Waals surface area contributed by atoms with Crippen molar-refractivity contribution in [3.05, 3.63) is 23.4 Å². The molecule has 2 N–H and O–H groups in total. The molecule has 1 fully saturated rings. The molecule has 2 heterocycles. The fraction of sp³-hybridized carbons (Fsp3) is 0.357. The Morgan fingerprint density at radius 3 is 2.62 bits per heavy atom. The van der Waals surface area contributed by atoms with Crippen molar-refractivity contribution in [1.82, 2.24) is 15.2 Å². The van der Waals surface area contributed by atoms with Gasteiger partial charge in [0.2, 0.25) is 0 Å². The van der Waals surface area contributed by atoms with Gasteiger partial charge in [0.05, 0.1) is 5.02 Å². The lowest BCUT2D eigenvalue weighted by Gasteiger charge is -2.15. The maximum Gasteiger partial charge on any atom is 0.326 e. The Balaban J connectivity index is 1.81. The first-order valence-corrected chi connectivity index (χ1v) is 7.28. The van der Waals surface area contributed by atoms with Crippen molar-refractivity contribution in [2.24, 2.45) is 0 Å². The standard InChI is InChI=1S/C14H15ClN4O5/c1-14(2)12(22)19(13(23)18-14)6-11(21)24-7-10(20)17-9-4-3-8(15)5-16-9/h3-5H,6-7H2,1-2H3,(H,18,23)(H,16,17,20). The van der Waals surface area contributed by atoms with E-state index in [0.29, 0.717) is 5.02 Å². The van der Waals surface area contributed by atoms with Crippen molar-refractivity contribution in [3.8, 4) is 0 Å². The van der Waals surface area contributed by atoms with Crippen LogP contribution in [0.5, 0.6) is 0 Å². The van der Waals surface area contributed by atoms with Crippen molar-refractivity contribution in [1.29, 1.82) is 0 Å². The van der Waals surface area contributed by atoms with Crippen LogP contribution in [0.3, 0.4) is 0 Å². The molecule has 1 aromatic heterocycles. The Bertz CT molecular complexity index is 689. The molecule has 0 atom stereocenters. The second-order valence-corrected chi connectivity index (χ2v) is 5.95. The Morgan fingerprint density at radius 2 is 2.08 bits per heavy atom. The number of hydrogen-bond donors (Lipinski definition) is 2. The molecule has 2 rings (SSSR count). The first-order valence-electron chi connectivity index (χ1n) is 6.90. The number of imide groups is 1. The van der Waals surface area contributed by atoms with E-state index in [4.69, 9.17) is 16.3 Å². The number of esters is 1. The van der Waals surface area contributed by atoms with Crippen LogP contribution < -0.4 is 10.6 Å².